The van der Waals surface area contributed by atoms with E-state index in [4.69, 9.17) is 9.72 Å². The number of piperidine rings is 1. The van der Waals surface area contributed by atoms with E-state index in [1.54, 1.807) is 7.11 Å². The van der Waals surface area contributed by atoms with E-state index in [0.717, 1.165) is 41.9 Å². The number of methoxy groups -OCH3 is 1. The summed E-state index contributed by atoms with van der Waals surface area (Å²) in [7, 11) is 5.74. The van der Waals surface area contributed by atoms with Crippen molar-refractivity contribution in [2.75, 3.05) is 45.7 Å². The Morgan fingerprint density at radius 3 is 2.79 bits per heavy atom. The summed E-state index contributed by atoms with van der Waals surface area (Å²) in [6.07, 6.45) is 0.587. The summed E-state index contributed by atoms with van der Waals surface area (Å²) in [4.78, 5) is 13.6. The summed E-state index contributed by atoms with van der Waals surface area (Å²) in [5, 5.41) is 11.5. The quantitative estimate of drug-likeness (QED) is 0.921. The minimum Gasteiger partial charge on any atom is -0.497 e. The van der Waals surface area contributed by atoms with Gasteiger partial charge in [0.2, 0.25) is 5.95 Å². The van der Waals surface area contributed by atoms with E-state index >= 15 is 0 Å². The van der Waals surface area contributed by atoms with Crippen LogP contribution in [-0.2, 0) is 0 Å². The molecule has 0 aliphatic carbocycles. The van der Waals surface area contributed by atoms with E-state index in [-0.39, 0.29) is 6.10 Å². The van der Waals surface area contributed by atoms with Gasteiger partial charge in [0.05, 0.1) is 24.4 Å². The second kappa shape index (κ2) is 6.91. The van der Waals surface area contributed by atoms with Crippen LogP contribution in [0.1, 0.15) is 12.1 Å². The highest BCUT2D eigenvalue weighted by Crippen LogP contribution is 2.26. The molecule has 1 fully saturated rings. The Morgan fingerprint density at radius 2 is 2.12 bits per heavy atom. The average molecular weight is 330 g/mol. The first-order valence-electron chi connectivity index (χ1n) is 8.38. The number of aromatic nitrogens is 2. The molecule has 0 spiro atoms. The molecule has 3 rings (SSSR count). The van der Waals surface area contributed by atoms with E-state index in [9.17, 15) is 5.11 Å². The fourth-order valence-electron chi connectivity index (χ4n) is 3.37. The maximum Gasteiger partial charge on any atom is 0.226 e. The van der Waals surface area contributed by atoms with Crippen molar-refractivity contribution in [3.63, 3.8) is 0 Å². The summed E-state index contributed by atoms with van der Waals surface area (Å²) in [5.74, 6) is 1.78. The maximum absolute atomic E-state index is 10.5. The van der Waals surface area contributed by atoms with Gasteiger partial charge in [-0.2, -0.15) is 0 Å². The topological polar surface area (TPSA) is 61.7 Å². The number of β-amino-alcohol motifs (C(OH)–C–C–N with tert-alkyl or cyclic N) is 1. The average Bonchev–Trinajstić information content (AvgIpc) is 2.55. The fraction of sp³-hybridized carbons (Fsp3) is 0.556. The zero-order chi connectivity index (χ0) is 17.3. The van der Waals surface area contributed by atoms with Crippen molar-refractivity contribution in [2.45, 2.75) is 19.4 Å². The molecule has 6 heteroatoms. The zero-order valence-corrected chi connectivity index (χ0v) is 14.9. The summed E-state index contributed by atoms with van der Waals surface area (Å²) < 4.78 is 5.30. The van der Waals surface area contributed by atoms with E-state index < -0.39 is 0 Å². The number of benzene rings is 1. The first-order chi connectivity index (χ1) is 11.5. The van der Waals surface area contributed by atoms with Gasteiger partial charge in [0.25, 0.3) is 0 Å². The number of ether oxygens (including phenoxy) is 1. The van der Waals surface area contributed by atoms with Crippen molar-refractivity contribution < 1.29 is 9.84 Å². The van der Waals surface area contributed by atoms with Crippen LogP contribution in [0, 0.1) is 12.8 Å². The van der Waals surface area contributed by atoms with Crippen molar-refractivity contribution in [3.05, 3.63) is 23.9 Å². The number of nitrogens with zero attached hydrogens (tertiary/aromatic N) is 4. The summed E-state index contributed by atoms with van der Waals surface area (Å²) in [6.45, 7) is 4.34. The third-order valence-electron chi connectivity index (χ3n) is 4.69. The van der Waals surface area contributed by atoms with Crippen LogP contribution >= 0.6 is 0 Å². The van der Waals surface area contributed by atoms with E-state index in [1.807, 2.05) is 39.2 Å². The molecule has 1 N–H and O–H groups in total. The molecule has 6 nitrogen and oxygen atoms in total. The van der Waals surface area contributed by atoms with Gasteiger partial charge in [-0.1, -0.05) is 0 Å². The number of rotatable bonds is 4. The van der Waals surface area contributed by atoms with Gasteiger partial charge in [-0.3, -0.25) is 0 Å². The maximum atomic E-state index is 10.5. The molecule has 0 unspecified atom stereocenters. The fourth-order valence-corrected chi connectivity index (χ4v) is 3.37. The Morgan fingerprint density at radius 1 is 1.33 bits per heavy atom. The minimum atomic E-state index is -0.355. The highest BCUT2D eigenvalue weighted by atomic mass is 16.5. The number of aryl methyl sites for hydroxylation is 1. The van der Waals surface area contributed by atoms with Gasteiger partial charge in [-0.25, -0.2) is 9.97 Å². The molecule has 0 saturated carbocycles. The van der Waals surface area contributed by atoms with Gasteiger partial charge in [-0.05, 0) is 39.6 Å². The third kappa shape index (κ3) is 3.44. The lowest BCUT2D eigenvalue weighted by Crippen LogP contribution is -2.47. The normalized spacial score (nSPS) is 21.5. The number of hydrogen-bond donors (Lipinski definition) is 1. The third-order valence-corrected chi connectivity index (χ3v) is 4.69. The minimum absolute atomic E-state index is 0.304. The molecule has 1 aromatic carbocycles. The summed E-state index contributed by atoms with van der Waals surface area (Å²) in [5.41, 5.74) is 1.82. The molecular formula is C18H26N4O2. The van der Waals surface area contributed by atoms with E-state index in [0.29, 0.717) is 18.4 Å². The Balaban J connectivity index is 1.84. The zero-order valence-electron chi connectivity index (χ0n) is 14.9. The second-order valence-electron chi connectivity index (χ2n) is 6.82. The molecule has 1 aliphatic heterocycles. The Hall–Kier alpha value is -1.92. The van der Waals surface area contributed by atoms with Crippen LogP contribution in [0.25, 0.3) is 10.9 Å². The molecule has 0 radical (unpaired) electrons. The standard InChI is InChI=1S/C18H26N4O2/c1-12-15-6-5-14(24-4)9-16(15)20-18(19-12)22-8-7-13(10-21(2)3)17(23)11-22/h5-6,9,13,17,23H,7-8,10-11H2,1-4H3/t13-,17+/m0/s1. The highest BCUT2D eigenvalue weighted by Gasteiger charge is 2.29. The van der Waals surface area contributed by atoms with Crippen LogP contribution in [-0.4, -0.2) is 66.9 Å². The predicted molar refractivity (Wildman–Crippen MR) is 95.7 cm³/mol. The largest absolute Gasteiger partial charge is 0.497 e. The van der Waals surface area contributed by atoms with Gasteiger partial charge < -0.3 is 19.6 Å². The lowest BCUT2D eigenvalue weighted by Gasteiger charge is -2.37. The smallest absolute Gasteiger partial charge is 0.226 e. The van der Waals surface area contributed by atoms with E-state index in [1.165, 1.54) is 0 Å². The number of aliphatic hydroxyl groups is 1. The summed E-state index contributed by atoms with van der Waals surface area (Å²) >= 11 is 0. The van der Waals surface area contributed by atoms with Crippen molar-refractivity contribution in [2.24, 2.45) is 5.92 Å². The van der Waals surface area contributed by atoms with Crippen molar-refractivity contribution in [1.82, 2.24) is 14.9 Å². The Bertz CT molecular complexity index is 719. The van der Waals surface area contributed by atoms with Gasteiger partial charge in [-0.15, -0.1) is 0 Å². The van der Waals surface area contributed by atoms with Crippen LogP contribution in [0.3, 0.4) is 0 Å². The molecule has 0 amide bonds. The number of hydrogen-bond acceptors (Lipinski definition) is 6. The number of anilines is 1. The number of fused-ring (bicyclic) bond motifs is 1. The molecule has 24 heavy (non-hydrogen) atoms. The molecule has 2 aromatic rings. The van der Waals surface area contributed by atoms with Gasteiger partial charge >= 0.3 is 0 Å². The van der Waals surface area contributed by atoms with Crippen LogP contribution in [0.4, 0.5) is 5.95 Å². The second-order valence-corrected chi connectivity index (χ2v) is 6.82. The highest BCUT2D eigenvalue weighted by molar-refractivity contribution is 5.83. The summed E-state index contributed by atoms with van der Waals surface area (Å²) in [6, 6.07) is 5.85. The number of aliphatic hydroxyl groups excluding tert-OH is 1. The van der Waals surface area contributed by atoms with Crippen LogP contribution in [0.2, 0.25) is 0 Å². The molecule has 1 aromatic heterocycles. The lowest BCUT2D eigenvalue weighted by molar-refractivity contribution is 0.0761. The molecular weight excluding hydrogens is 304 g/mol. The monoisotopic (exact) mass is 330 g/mol. The van der Waals surface area contributed by atoms with Gasteiger partial charge in [0.1, 0.15) is 5.75 Å². The molecule has 130 valence electrons. The molecule has 1 saturated heterocycles. The molecule has 0 bridgehead atoms. The van der Waals surface area contributed by atoms with Crippen LogP contribution < -0.4 is 9.64 Å². The van der Waals surface area contributed by atoms with Crippen molar-refractivity contribution in [1.29, 1.82) is 0 Å². The Kier molecular flexibility index (Phi) is 4.87. The van der Waals surface area contributed by atoms with E-state index in [2.05, 4.69) is 14.8 Å². The molecule has 2 heterocycles. The Labute approximate surface area is 143 Å². The van der Waals surface area contributed by atoms with Crippen LogP contribution in [0.15, 0.2) is 18.2 Å². The SMILES string of the molecule is COc1ccc2c(C)nc(N3CC[C@@H](CN(C)C)[C@H](O)C3)nc2c1. The first-order valence-corrected chi connectivity index (χ1v) is 8.38. The van der Waals surface area contributed by atoms with Crippen LogP contribution in [0.5, 0.6) is 5.75 Å². The van der Waals surface area contributed by atoms with Crippen molar-refractivity contribution in [3.8, 4) is 5.75 Å². The lowest BCUT2D eigenvalue weighted by atomic mass is 9.93. The molecule has 2 atom stereocenters. The first kappa shape index (κ1) is 16.9. The molecule has 1 aliphatic rings. The van der Waals surface area contributed by atoms with Crippen molar-refractivity contribution >= 4 is 16.9 Å². The van der Waals surface area contributed by atoms with Gasteiger partial charge in [0.15, 0.2) is 0 Å². The predicted octanol–water partition coefficient (Wildman–Crippen LogP) is 1.70. The van der Waals surface area contributed by atoms with Gasteiger partial charge in [0, 0.05) is 37.0 Å².